The number of carbonyl (C=O) groups excluding carboxylic acids is 1. The fourth-order valence-corrected chi connectivity index (χ4v) is 6.97. The zero-order valence-electron chi connectivity index (χ0n) is 30.2. The van der Waals surface area contributed by atoms with E-state index >= 15 is 0 Å². The second-order valence-corrected chi connectivity index (χ2v) is 13.4. The van der Waals surface area contributed by atoms with Crippen molar-refractivity contribution in [2.45, 2.75) is 45.0 Å². The van der Waals surface area contributed by atoms with Gasteiger partial charge in [0.1, 0.15) is 11.5 Å². The van der Waals surface area contributed by atoms with Crippen LogP contribution in [0.5, 0.6) is 23.0 Å². The van der Waals surface area contributed by atoms with Gasteiger partial charge in [-0.05, 0) is 89.3 Å². The molecule has 2 heterocycles. The standard InChI is InChI=1S/C43H45N3O7/c1-28-40(26-46-21-20-31-23-38(49-2)39(50-3)24-33(31)25-46)52-42(53-41(28)30-14-12-29(27-47)13-15-30)32-8-7-9-35(22-32)45-43(48)44-34-16-18-37(19-17-34)51-36-10-5-4-6-11-36/h4-19,22-24,28,40-42,47H,20-21,25-27H2,1-3H3,(H2,44,45,48). The van der Waals surface area contributed by atoms with Crippen LogP contribution in [0.15, 0.2) is 115 Å². The number of para-hydroxylation sites is 1. The number of ether oxygens (including phenoxy) is 5. The number of rotatable bonds is 11. The van der Waals surface area contributed by atoms with Crippen molar-refractivity contribution in [1.82, 2.24) is 4.90 Å². The molecule has 2 aliphatic rings. The summed E-state index contributed by atoms with van der Waals surface area (Å²) in [4.78, 5) is 15.5. The molecule has 5 aromatic carbocycles. The van der Waals surface area contributed by atoms with E-state index in [1.165, 1.54) is 11.1 Å². The number of amides is 2. The van der Waals surface area contributed by atoms with Crippen molar-refractivity contribution >= 4 is 17.4 Å². The lowest BCUT2D eigenvalue weighted by molar-refractivity contribution is -0.276. The maximum Gasteiger partial charge on any atom is 0.323 e. The molecule has 0 aromatic heterocycles. The van der Waals surface area contributed by atoms with Gasteiger partial charge >= 0.3 is 6.03 Å². The van der Waals surface area contributed by atoms with E-state index in [-0.39, 0.29) is 30.8 Å². The van der Waals surface area contributed by atoms with Crippen LogP contribution in [-0.4, -0.2) is 49.5 Å². The van der Waals surface area contributed by atoms with E-state index < -0.39 is 6.29 Å². The summed E-state index contributed by atoms with van der Waals surface area (Å²) in [6.45, 7) is 4.49. The Kier molecular flexibility index (Phi) is 11.2. The van der Waals surface area contributed by atoms with Gasteiger partial charge in [0.05, 0.1) is 33.0 Å². The fraction of sp³-hybridized carbons (Fsp3) is 0.279. The van der Waals surface area contributed by atoms with Crippen LogP contribution in [0.4, 0.5) is 16.2 Å². The highest BCUT2D eigenvalue weighted by atomic mass is 16.7. The number of aliphatic hydroxyl groups excluding tert-OH is 1. The normalized spacial score (nSPS) is 19.8. The summed E-state index contributed by atoms with van der Waals surface area (Å²) in [6, 6.07) is 36.0. The highest BCUT2D eigenvalue weighted by Gasteiger charge is 2.39. The molecule has 274 valence electrons. The summed E-state index contributed by atoms with van der Waals surface area (Å²) in [5, 5.41) is 15.5. The van der Waals surface area contributed by atoms with Gasteiger partial charge in [-0.2, -0.15) is 0 Å². The number of hydrogen-bond donors (Lipinski definition) is 3. The zero-order chi connectivity index (χ0) is 36.7. The Hall–Kier alpha value is -5.39. The molecule has 0 saturated carbocycles. The number of fused-ring (bicyclic) bond motifs is 1. The van der Waals surface area contributed by atoms with Crippen LogP contribution in [0.3, 0.4) is 0 Å². The summed E-state index contributed by atoms with van der Waals surface area (Å²) in [7, 11) is 3.32. The number of aliphatic hydroxyl groups is 1. The number of nitrogens with one attached hydrogen (secondary N) is 2. The predicted molar refractivity (Wildman–Crippen MR) is 204 cm³/mol. The largest absolute Gasteiger partial charge is 0.493 e. The number of benzene rings is 5. The number of carbonyl (C=O) groups is 1. The van der Waals surface area contributed by atoms with Crippen LogP contribution < -0.4 is 24.8 Å². The Morgan fingerprint density at radius 2 is 1.47 bits per heavy atom. The monoisotopic (exact) mass is 715 g/mol. The summed E-state index contributed by atoms with van der Waals surface area (Å²) in [6.07, 6.45) is -0.208. The van der Waals surface area contributed by atoms with Crippen LogP contribution in [0.25, 0.3) is 0 Å². The van der Waals surface area contributed by atoms with E-state index in [0.29, 0.717) is 23.7 Å². The van der Waals surface area contributed by atoms with Gasteiger partial charge in [0, 0.05) is 42.5 Å². The van der Waals surface area contributed by atoms with Crippen LogP contribution in [0.2, 0.25) is 0 Å². The molecule has 1 saturated heterocycles. The van der Waals surface area contributed by atoms with Crippen LogP contribution in [0.1, 0.15) is 47.1 Å². The topological polar surface area (TPSA) is 111 Å². The lowest BCUT2D eigenvalue weighted by Gasteiger charge is -2.43. The average Bonchev–Trinajstić information content (AvgIpc) is 3.19. The van der Waals surface area contributed by atoms with Gasteiger partial charge in [0.2, 0.25) is 0 Å². The van der Waals surface area contributed by atoms with Crippen LogP contribution in [0, 0.1) is 5.92 Å². The third-order valence-electron chi connectivity index (χ3n) is 9.87. The van der Waals surface area contributed by atoms with Gasteiger partial charge in [-0.25, -0.2) is 4.79 Å². The minimum atomic E-state index is -0.679. The molecule has 4 atom stereocenters. The van der Waals surface area contributed by atoms with E-state index in [1.807, 2.05) is 91.0 Å². The molecular formula is C43H45N3O7. The van der Waals surface area contributed by atoms with Crippen molar-refractivity contribution in [1.29, 1.82) is 0 Å². The molecule has 10 nitrogen and oxygen atoms in total. The molecule has 5 aromatic rings. The smallest absolute Gasteiger partial charge is 0.323 e. The first-order valence-corrected chi connectivity index (χ1v) is 17.9. The highest BCUT2D eigenvalue weighted by Crippen LogP contribution is 2.43. The third-order valence-corrected chi connectivity index (χ3v) is 9.87. The summed E-state index contributed by atoms with van der Waals surface area (Å²) in [5.41, 5.74) is 6.36. The van der Waals surface area contributed by atoms with E-state index in [0.717, 1.165) is 53.4 Å². The molecule has 0 aliphatic carbocycles. The van der Waals surface area contributed by atoms with Crippen molar-refractivity contribution in [2.24, 2.45) is 5.92 Å². The minimum Gasteiger partial charge on any atom is -0.493 e. The Morgan fingerprint density at radius 1 is 0.774 bits per heavy atom. The third kappa shape index (κ3) is 8.64. The van der Waals surface area contributed by atoms with Gasteiger partial charge in [0.25, 0.3) is 0 Å². The van der Waals surface area contributed by atoms with E-state index in [1.54, 1.807) is 26.4 Å². The number of methoxy groups -OCH3 is 2. The Labute approximate surface area is 310 Å². The van der Waals surface area contributed by atoms with Gasteiger partial charge in [0.15, 0.2) is 17.8 Å². The first kappa shape index (κ1) is 36.0. The van der Waals surface area contributed by atoms with E-state index in [9.17, 15) is 9.90 Å². The van der Waals surface area contributed by atoms with Gasteiger partial charge in [-0.3, -0.25) is 4.90 Å². The molecule has 3 N–H and O–H groups in total. The number of urea groups is 1. The Bertz CT molecular complexity index is 1990. The van der Waals surface area contributed by atoms with Gasteiger partial charge in [-0.1, -0.05) is 61.5 Å². The predicted octanol–water partition coefficient (Wildman–Crippen LogP) is 8.48. The molecule has 1 fully saturated rings. The molecule has 0 spiro atoms. The quantitative estimate of drug-likeness (QED) is 0.125. The molecule has 0 bridgehead atoms. The first-order chi connectivity index (χ1) is 25.9. The lowest BCUT2D eigenvalue weighted by atomic mass is 9.89. The molecule has 0 radical (unpaired) electrons. The average molecular weight is 716 g/mol. The minimum absolute atomic E-state index is 0.0228. The first-order valence-electron chi connectivity index (χ1n) is 17.9. The lowest BCUT2D eigenvalue weighted by Crippen LogP contribution is -2.45. The number of anilines is 2. The van der Waals surface area contributed by atoms with Crippen molar-refractivity contribution in [3.05, 3.63) is 143 Å². The van der Waals surface area contributed by atoms with Gasteiger partial charge in [-0.15, -0.1) is 0 Å². The molecule has 7 rings (SSSR count). The number of nitrogens with zero attached hydrogens (tertiary/aromatic N) is 1. The molecule has 4 unspecified atom stereocenters. The molecule has 53 heavy (non-hydrogen) atoms. The highest BCUT2D eigenvalue weighted by molar-refractivity contribution is 5.99. The Balaban J connectivity index is 1.05. The van der Waals surface area contributed by atoms with E-state index in [4.69, 9.17) is 23.7 Å². The molecule has 10 heteroatoms. The van der Waals surface area contributed by atoms with Crippen molar-refractivity contribution in [2.75, 3.05) is 37.9 Å². The number of hydrogen-bond acceptors (Lipinski definition) is 8. The summed E-state index contributed by atoms with van der Waals surface area (Å²) in [5.74, 6) is 2.90. The zero-order valence-corrected chi connectivity index (χ0v) is 30.2. The summed E-state index contributed by atoms with van der Waals surface area (Å²) >= 11 is 0. The van der Waals surface area contributed by atoms with Crippen molar-refractivity contribution in [3.8, 4) is 23.0 Å². The maximum atomic E-state index is 13.1. The maximum absolute atomic E-state index is 13.1. The Morgan fingerprint density at radius 3 is 2.19 bits per heavy atom. The van der Waals surface area contributed by atoms with Crippen LogP contribution in [-0.2, 0) is 29.0 Å². The second-order valence-electron chi connectivity index (χ2n) is 13.4. The SMILES string of the molecule is COc1cc2c(cc1OC)CN(CC1OC(c3cccc(NC(=O)Nc4ccc(Oc5ccccc5)cc4)c3)OC(c3ccc(CO)cc3)C1C)CC2. The second kappa shape index (κ2) is 16.5. The molecule has 2 amide bonds. The summed E-state index contributed by atoms with van der Waals surface area (Å²) < 4.78 is 30.5. The molecular weight excluding hydrogens is 670 g/mol. The van der Waals surface area contributed by atoms with E-state index in [2.05, 4.69) is 34.6 Å². The van der Waals surface area contributed by atoms with Gasteiger partial charge < -0.3 is 39.4 Å². The molecule has 2 aliphatic heterocycles. The van der Waals surface area contributed by atoms with Crippen molar-refractivity contribution in [3.63, 3.8) is 0 Å². The fourth-order valence-electron chi connectivity index (χ4n) is 6.97. The van der Waals surface area contributed by atoms with Crippen LogP contribution >= 0.6 is 0 Å². The van der Waals surface area contributed by atoms with Crippen molar-refractivity contribution < 1.29 is 33.6 Å².